The van der Waals surface area contributed by atoms with Crippen LogP contribution in [0.15, 0.2) is 22.7 Å². The standard InChI is InChI=1S/C18H27BrN2/c1-3-15-12-20-18(9-5-4-6-10-18)13-21(15)16-7-8-17(19)14(2)11-16/h7-8,11,15,20H,3-6,9-10,12-13H2,1-2H3. The highest BCUT2D eigenvalue weighted by Gasteiger charge is 2.39. The van der Waals surface area contributed by atoms with Crippen LogP contribution in [-0.2, 0) is 0 Å². The summed E-state index contributed by atoms with van der Waals surface area (Å²) in [5.41, 5.74) is 3.10. The molecule has 1 spiro atoms. The Morgan fingerprint density at radius 2 is 2.05 bits per heavy atom. The number of aryl methyl sites for hydroxylation is 1. The average Bonchev–Trinajstić information content (AvgIpc) is 2.51. The summed E-state index contributed by atoms with van der Waals surface area (Å²) < 4.78 is 1.21. The van der Waals surface area contributed by atoms with Crippen LogP contribution >= 0.6 is 15.9 Å². The summed E-state index contributed by atoms with van der Waals surface area (Å²) in [5, 5.41) is 3.91. The van der Waals surface area contributed by atoms with Gasteiger partial charge in [-0.2, -0.15) is 0 Å². The summed E-state index contributed by atoms with van der Waals surface area (Å²) in [4.78, 5) is 2.67. The van der Waals surface area contributed by atoms with Crippen LogP contribution in [0.4, 0.5) is 5.69 Å². The van der Waals surface area contributed by atoms with Crippen molar-refractivity contribution in [1.82, 2.24) is 5.32 Å². The number of piperazine rings is 1. The van der Waals surface area contributed by atoms with E-state index in [1.807, 2.05) is 0 Å². The zero-order chi connectivity index (χ0) is 14.9. The maximum atomic E-state index is 3.91. The SMILES string of the molecule is CCC1CNC2(CCCCC2)CN1c1ccc(Br)c(C)c1. The third kappa shape index (κ3) is 3.14. The Bertz CT molecular complexity index is 494. The second-order valence-corrected chi connectivity index (χ2v) is 7.70. The van der Waals surface area contributed by atoms with Gasteiger partial charge in [0.15, 0.2) is 0 Å². The lowest BCUT2D eigenvalue weighted by atomic mass is 9.79. The number of rotatable bonds is 2. The van der Waals surface area contributed by atoms with Crippen LogP contribution in [-0.4, -0.2) is 24.7 Å². The maximum Gasteiger partial charge on any atom is 0.0412 e. The van der Waals surface area contributed by atoms with Crippen LogP contribution in [0.1, 0.15) is 51.0 Å². The van der Waals surface area contributed by atoms with Crippen molar-refractivity contribution < 1.29 is 0 Å². The molecule has 116 valence electrons. The van der Waals surface area contributed by atoms with E-state index in [9.17, 15) is 0 Å². The monoisotopic (exact) mass is 350 g/mol. The van der Waals surface area contributed by atoms with E-state index < -0.39 is 0 Å². The van der Waals surface area contributed by atoms with Crippen molar-refractivity contribution in [2.24, 2.45) is 0 Å². The smallest absolute Gasteiger partial charge is 0.0412 e. The lowest BCUT2D eigenvalue weighted by Gasteiger charge is -2.50. The van der Waals surface area contributed by atoms with Crippen molar-refractivity contribution in [3.8, 4) is 0 Å². The van der Waals surface area contributed by atoms with E-state index in [2.05, 4.69) is 58.2 Å². The van der Waals surface area contributed by atoms with Gasteiger partial charge in [0.05, 0.1) is 0 Å². The van der Waals surface area contributed by atoms with E-state index >= 15 is 0 Å². The summed E-state index contributed by atoms with van der Waals surface area (Å²) in [6.07, 6.45) is 8.08. The first-order valence-corrected chi connectivity index (χ1v) is 9.21. The van der Waals surface area contributed by atoms with Gasteiger partial charge in [-0.3, -0.25) is 0 Å². The molecule has 1 unspecified atom stereocenters. The minimum absolute atomic E-state index is 0.366. The van der Waals surface area contributed by atoms with Crippen LogP contribution in [0.2, 0.25) is 0 Å². The number of anilines is 1. The molecule has 0 radical (unpaired) electrons. The van der Waals surface area contributed by atoms with E-state index in [0.29, 0.717) is 11.6 Å². The molecule has 3 rings (SSSR count). The molecule has 1 aromatic carbocycles. The van der Waals surface area contributed by atoms with Gasteiger partial charge in [0.1, 0.15) is 0 Å². The molecule has 3 heteroatoms. The molecule has 21 heavy (non-hydrogen) atoms. The summed E-state index contributed by atoms with van der Waals surface area (Å²) in [5.74, 6) is 0. The third-order valence-electron chi connectivity index (χ3n) is 5.38. The van der Waals surface area contributed by atoms with Gasteiger partial charge in [-0.1, -0.05) is 42.1 Å². The molecule has 0 amide bonds. The number of benzene rings is 1. The van der Waals surface area contributed by atoms with Gasteiger partial charge in [0.25, 0.3) is 0 Å². The molecule has 0 bridgehead atoms. The summed E-state index contributed by atoms with van der Waals surface area (Å²) >= 11 is 3.62. The zero-order valence-electron chi connectivity index (χ0n) is 13.3. The topological polar surface area (TPSA) is 15.3 Å². The Labute approximate surface area is 137 Å². The Morgan fingerprint density at radius 3 is 2.71 bits per heavy atom. The highest BCUT2D eigenvalue weighted by molar-refractivity contribution is 9.10. The van der Waals surface area contributed by atoms with Crippen molar-refractivity contribution in [1.29, 1.82) is 0 Å². The Balaban J connectivity index is 1.86. The van der Waals surface area contributed by atoms with Gasteiger partial charge < -0.3 is 10.2 Å². The molecule has 1 aliphatic carbocycles. The molecule has 1 aliphatic heterocycles. The Morgan fingerprint density at radius 1 is 1.29 bits per heavy atom. The third-order valence-corrected chi connectivity index (χ3v) is 6.27. The number of nitrogens with one attached hydrogen (secondary N) is 1. The summed E-state index contributed by atoms with van der Waals surface area (Å²) in [6.45, 7) is 6.80. The van der Waals surface area contributed by atoms with Gasteiger partial charge in [0.2, 0.25) is 0 Å². The Kier molecular flexibility index (Phi) is 4.60. The van der Waals surface area contributed by atoms with Gasteiger partial charge in [0, 0.05) is 34.8 Å². The summed E-state index contributed by atoms with van der Waals surface area (Å²) in [6, 6.07) is 7.45. The zero-order valence-corrected chi connectivity index (χ0v) is 14.9. The van der Waals surface area contributed by atoms with E-state index in [1.165, 1.54) is 60.8 Å². The van der Waals surface area contributed by atoms with Gasteiger partial charge in [-0.15, -0.1) is 0 Å². The van der Waals surface area contributed by atoms with Crippen molar-refractivity contribution in [2.45, 2.75) is 64.0 Å². The molecule has 2 nitrogen and oxygen atoms in total. The van der Waals surface area contributed by atoms with Crippen LogP contribution in [0, 0.1) is 6.92 Å². The van der Waals surface area contributed by atoms with Crippen LogP contribution in [0.5, 0.6) is 0 Å². The van der Waals surface area contributed by atoms with Crippen LogP contribution < -0.4 is 10.2 Å². The molecular formula is C18H27BrN2. The molecule has 1 N–H and O–H groups in total. The average molecular weight is 351 g/mol. The first-order valence-electron chi connectivity index (χ1n) is 8.41. The van der Waals surface area contributed by atoms with Crippen molar-refractivity contribution in [3.63, 3.8) is 0 Å². The molecule has 1 atom stereocenters. The highest BCUT2D eigenvalue weighted by Crippen LogP contribution is 2.35. The van der Waals surface area contributed by atoms with Crippen LogP contribution in [0.25, 0.3) is 0 Å². The molecule has 2 aliphatic rings. The van der Waals surface area contributed by atoms with E-state index in [0.717, 1.165) is 6.54 Å². The summed E-state index contributed by atoms with van der Waals surface area (Å²) in [7, 11) is 0. The molecule has 0 aromatic heterocycles. The second-order valence-electron chi connectivity index (χ2n) is 6.85. The fraction of sp³-hybridized carbons (Fsp3) is 0.667. The van der Waals surface area contributed by atoms with Crippen molar-refractivity contribution >= 4 is 21.6 Å². The Hall–Kier alpha value is -0.540. The van der Waals surface area contributed by atoms with Crippen LogP contribution in [0.3, 0.4) is 0 Å². The number of hydrogen-bond acceptors (Lipinski definition) is 2. The largest absolute Gasteiger partial charge is 0.365 e. The fourth-order valence-corrected chi connectivity index (χ4v) is 4.24. The minimum Gasteiger partial charge on any atom is -0.365 e. The highest BCUT2D eigenvalue weighted by atomic mass is 79.9. The number of halogens is 1. The molecule has 1 saturated carbocycles. The van der Waals surface area contributed by atoms with E-state index in [4.69, 9.17) is 0 Å². The predicted molar refractivity (Wildman–Crippen MR) is 94.1 cm³/mol. The molecule has 1 heterocycles. The molecule has 1 saturated heterocycles. The predicted octanol–water partition coefficient (Wildman–Crippen LogP) is 4.65. The first-order chi connectivity index (χ1) is 10.1. The minimum atomic E-state index is 0.366. The quantitative estimate of drug-likeness (QED) is 0.834. The van der Waals surface area contributed by atoms with E-state index in [1.54, 1.807) is 0 Å². The number of hydrogen-bond donors (Lipinski definition) is 1. The van der Waals surface area contributed by atoms with Crippen molar-refractivity contribution in [2.75, 3.05) is 18.0 Å². The lowest BCUT2D eigenvalue weighted by molar-refractivity contribution is 0.196. The van der Waals surface area contributed by atoms with Gasteiger partial charge in [-0.05, 0) is 49.9 Å². The molecule has 2 fully saturated rings. The van der Waals surface area contributed by atoms with Gasteiger partial charge in [-0.25, -0.2) is 0 Å². The number of nitrogens with zero attached hydrogens (tertiary/aromatic N) is 1. The van der Waals surface area contributed by atoms with Gasteiger partial charge >= 0.3 is 0 Å². The second kappa shape index (κ2) is 6.29. The fourth-order valence-electron chi connectivity index (χ4n) is 3.99. The van der Waals surface area contributed by atoms with Crippen molar-refractivity contribution in [3.05, 3.63) is 28.2 Å². The lowest BCUT2D eigenvalue weighted by Crippen LogP contribution is -2.65. The van der Waals surface area contributed by atoms with E-state index in [-0.39, 0.29) is 0 Å². The maximum absolute atomic E-state index is 3.91. The molecule has 1 aromatic rings. The first kappa shape index (κ1) is 15.4. The molecular weight excluding hydrogens is 324 g/mol. The normalized spacial score (nSPS) is 25.3.